The average molecular weight is 437 g/mol. The summed E-state index contributed by atoms with van der Waals surface area (Å²) >= 11 is 0. The largest absolute Gasteiger partial charge is 0.573 e. The van der Waals surface area contributed by atoms with Gasteiger partial charge in [-0.2, -0.15) is 0 Å². The van der Waals surface area contributed by atoms with Crippen molar-refractivity contribution in [3.63, 3.8) is 0 Å². The van der Waals surface area contributed by atoms with E-state index in [1.165, 1.54) is 12.1 Å². The van der Waals surface area contributed by atoms with Crippen LogP contribution in [-0.4, -0.2) is 49.3 Å². The summed E-state index contributed by atoms with van der Waals surface area (Å²) in [7, 11) is 0. The molecule has 1 saturated heterocycles. The fraction of sp³-hybridized carbons (Fsp3) is 0.429. The third kappa shape index (κ3) is 5.57. The van der Waals surface area contributed by atoms with Gasteiger partial charge in [0.15, 0.2) is 0 Å². The SMILES string of the molecule is O=C(CN1CC2C(CNC(=O)c3cccc(OC(F)(F)F)c3)C2C1)NCc1ccco1. The highest BCUT2D eigenvalue weighted by Crippen LogP contribution is 2.51. The molecule has 2 heterocycles. The van der Waals surface area contributed by atoms with Crippen LogP contribution in [0.1, 0.15) is 16.1 Å². The first-order chi connectivity index (χ1) is 14.8. The van der Waals surface area contributed by atoms with Gasteiger partial charge in [0.25, 0.3) is 5.91 Å². The first kappa shape index (κ1) is 21.2. The number of nitrogens with zero attached hydrogens (tertiary/aromatic N) is 1. The van der Waals surface area contributed by atoms with E-state index >= 15 is 0 Å². The van der Waals surface area contributed by atoms with Gasteiger partial charge in [0.2, 0.25) is 5.91 Å². The van der Waals surface area contributed by atoms with Gasteiger partial charge >= 0.3 is 6.36 Å². The normalized spacial score (nSPS) is 22.6. The second-order valence-electron chi connectivity index (χ2n) is 7.83. The Morgan fingerprint density at radius 3 is 2.58 bits per heavy atom. The van der Waals surface area contributed by atoms with Gasteiger partial charge in [0.05, 0.1) is 19.4 Å². The highest BCUT2D eigenvalue weighted by Gasteiger charge is 2.55. The lowest BCUT2D eigenvalue weighted by Gasteiger charge is -2.19. The third-order valence-electron chi connectivity index (χ3n) is 5.68. The van der Waals surface area contributed by atoms with E-state index in [0.29, 0.717) is 43.1 Å². The van der Waals surface area contributed by atoms with Gasteiger partial charge < -0.3 is 19.8 Å². The van der Waals surface area contributed by atoms with Crippen LogP contribution < -0.4 is 15.4 Å². The number of nitrogens with one attached hydrogen (secondary N) is 2. The Balaban J connectivity index is 1.17. The van der Waals surface area contributed by atoms with Crippen LogP contribution in [-0.2, 0) is 11.3 Å². The molecule has 7 nitrogen and oxygen atoms in total. The number of fused-ring (bicyclic) bond motifs is 1. The third-order valence-corrected chi connectivity index (χ3v) is 5.68. The minimum Gasteiger partial charge on any atom is -0.467 e. The standard InChI is InChI=1S/C21H22F3N3O4/c22-21(23,24)31-14-4-1-3-13(7-14)20(29)26-9-16-17-10-27(11-18(16)17)12-19(28)25-8-15-5-2-6-30-15/h1-7,16-18H,8-12H2,(H,25,28)(H,26,29). The van der Waals surface area contributed by atoms with Gasteiger partial charge in [0.1, 0.15) is 11.5 Å². The van der Waals surface area contributed by atoms with E-state index < -0.39 is 18.0 Å². The number of furan rings is 1. The van der Waals surface area contributed by atoms with E-state index in [1.807, 2.05) is 0 Å². The topological polar surface area (TPSA) is 83.8 Å². The molecule has 1 aromatic heterocycles. The maximum absolute atomic E-state index is 12.3. The zero-order valence-electron chi connectivity index (χ0n) is 16.5. The molecule has 166 valence electrons. The second kappa shape index (κ2) is 8.62. The van der Waals surface area contributed by atoms with Crippen LogP contribution in [0.4, 0.5) is 13.2 Å². The van der Waals surface area contributed by atoms with Gasteiger partial charge in [-0.3, -0.25) is 14.5 Å². The molecule has 0 spiro atoms. The first-order valence-electron chi connectivity index (χ1n) is 9.94. The maximum Gasteiger partial charge on any atom is 0.573 e. The number of alkyl halides is 3. The van der Waals surface area contributed by atoms with Crippen molar-refractivity contribution in [2.24, 2.45) is 17.8 Å². The molecule has 10 heteroatoms. The zero-order valence-corrected chi connectivity index (χ0v) is 16.5. The number of rotatable bonds is 8. The quantitative estimate of drug-likeness (QED) is 0.663. The Bertz CT molecular complexity index is 920. The molecule has 0 radical (unpaired) electrons. The number of likely N-dealkylation sites (tertiary alicyclic amines) is 1. The molecular weight excluding hydrogens is 415 g/mol. The fourth-order valence-electron chi connectivity index (χ4n) is 4.17. The molecule has 2 atom stereocenters. The van der Waals surface area contributed by atoms with Crippen molar-refractivity contribution in [3.8, 4) is 5.75 Å². The second-order valence-corrected chi connectivity index (χ2v) is 7.83. The number of piperidine rings is 1. The van der Waals surface area contributed by atoms with Crippen molar-refractivity contribution < 1.29 is 31.9 Å². The summed E-state index contributed by atoms with van der Waals surface area (Å²) in [4.78, 5) is 26.4. The summed E-state index contributed by atoms with van der Waals surface area (Å²) in [6.45, 7) is 2.70. The highest BCUT2D eigenvalue weighted by molar-refractivity contribution is 5.94. The van der Waals surface area contributed by atoms with E-state index in [0.717, 1.165) is 25.2 Å². The summed E-state index contributed by atoms with van der Waals surface area (Å²) in [5, 5.41) is 5.60. The molecule has 2 N–H and O–H groups in total. The number of carbonyl (C=O) groups excluding carboxylic acids is 2. The zero-order chi connectivity index (χ0) is 22.0. The van der Waals surface area contributed by atoms with Crippen molar-refractivity contribution in [1.82, 2.24) is 15.5 Å². The Labute approximate surface area is 176 Å². The van der Waals surface area contributed by atoms with Crippen molar-refractivity contribution in [2.75, 3.05) is 26.2 Å². The molecule has 31 heavy (non-hydrogen) atoms. The van der Waals surface area contributed by atoms with Crippen molar-refractivity contribution >= 4 is 11.8 Å². The fourth-order valence-corrected chi connectivity index (χ4v) is 4.17. The van der Waals surface area contributed by atoms with E-state index in [4.69, 9.17) is 4.42 Å². The van der Waals surface area contributed by atoms with Crippen LogP contribution in [0, 0.1) is 17.8 Å². The summed E-state index contributed by atoms with van der Waals surface area (Å²) < 4.78 is 46.0. The van der Waals surface area contributed by atoms with Crippen molar-refractivity contribution in [2.45, 2.75) is 12.9 Å². The number of benzene rings is 1. The predicted octanol–water partition coefficient (Wildman–Crippen LogP) is 2.40. The Morgan fingerprint density at radius 1 is 1.13 bits per heavy atom. The number of hydrogen-bond acceptors (Lipinski definition) is 5. The molecule has 1 saturated carbocycles. The van der Waals surface area contributed by atoms with E-state index in [-0.39, 0.29) is 11.5 Å². The predicted molar refractivity (Wildman–Crippen MR) is 103 cm³/mol. The molecule has 1 aromatic carbocycles. The lowest BCUT2D eigenvalue weighted by atomic mass is 10.2. The average Bonchev–Trinajstić information content (AvgIpc) is 3.08. The molecule has 2 unspecified atom stereocenters. The van der Waals surface area contributed by atoms with Gasteiger partial charge in [-0.05, 0) is 48.1 Å². The molecule has 2 aromatic rings. The molecule has 1 aliphatic heterocycles. The Kier molecular flexibility index (Phi) is 5.90. The smallest absolute Gasteiger partial charge is 0.467 e. The molecule has 1 aliphatic carbocycles. The van der Waals surface area contributed by atoms with Gasteiger partial charge in [-0.1, -0.05) is 6.07 Å². The highest BCUT2D eigenvalue weighted by atomic mass is 19.4. The van der Waals surface area contributed by atoms with Gasteiger partial charge in [0, 0.05) is 25.2 Å². The van der Waals surface area contributed by atoms with Crippen molar-refractivity contribution in [1.29, 1.82) is 0 Å². The molecule has 2 amide bonds. The lowest BCUT2D eigenvalue weighted by molar-refractivity contribution is -0.274. The van der Waals surface area contributed by atoms with Gasteiger partial charge in [-0.15, -0.1) is 13.2 Å². The number of amides is 2. The molecule has 2 fully saturated rings. The summed E-state index contributed by atoms with van der Waals surface area (Å²) in [6, 6.07) is 8.56. The number of hydrogen-bond donors (Lipinski definition) is 2. The van der Waals surface area contributed by atoms with E-state index in [2.05, 4.69) is 20.3 Å². The Morgan fingerprint density at radius 2 is 1.90 bits per heavy atom. The van der Waals surface area contributed by atoms with Gasteiger partial charge in [-0.25, -0.2) is 0 Å². The van der Waals surface area contributed by atoms with Crippen molar-refractivity contribution in [3.05, 3.63) is 54.0 Å². The summed E-state index contributed by atoms with van der Waals surface area (Å²) in [6.07, 6.45) is -3.25. The van der Waals surface area contributed by atoms with Crippen LogP contribution in [0.15, 0.2) is 47.1 Å². The maximum atomic E-state index is 12.3. The molecule has 4 rings (SSSR count). The van der Waals surface area contributed by atoms with Crippen LogP contribution in [0.5, 0.6) is 5.75 Å². The van der Waals surface area contributed by atoms with E-state index in [1.54, 1.807) is 18.4 Å². The molecule has 0 bridgehead atoms. The number of carbonyl (C=O) groups is 2. The lowest BCUT2D eigenvalue weighted by Crippen LogP contribution is -2.38. The minimum atomic E-state index is -4.80. The van der Waals surface area contributed by atoms with Crippen LogP contribution in [0.2, 0.25) is 0 Å². The van der Waals surface area contributed by atoms with Crippen LogP contribution in [0.3, 0.4) is 0 Å². The number of halogens is 3. The molecule has 2 aliphatic rings. The van der Waals surface area contributed by atoms with E-state index in [9.17, 15) is 22.8 Å². The monoisotopic (exact) mass is 437 g/mol. The molecular formula is C21H22F3N3O4. The summed E-state index contributed by atoms with van der Waals surface area (Å²) in [5.74, 6) is 0.917. The van der Waals surface area contributed by atoms with Crippen LogP contribution >= 0.6 is 0 Å². The van der Waals surface area contributed by atoms with Crippen LogP contribution in [0.25, 0.3) is 0 Å². The summed E-state index contributed by atoms with van der Waals surface area (Å²) in [5.41, 5.74) is 0.113. The first-order valence-corrected chi connectivity index (χ1v) is 9.94. The Hall–Kier alpha value is -3.01. The minimum absolute atomic E-state index is 0.0662. The number of ether oxygens (including phenoxy) is 1.